The number of morpholine rings is 1. The van der Waals surface area contributed by atoms with Gasteiger partial charge in [-0.1, -0.05) is 42.5 Å². The van der Waals surface area contributed by atoms with E-state index in [1.165, 1.54) is 17.7 Å². The summed E-state index contributed by atoms with van der Waals surface area (Å²) in [6, 6.07) is 15.8. The highest BCUT2D eigenvalue weighted by Crippen LogP contribution is 2.25. The molecule has 1 atom stereocenters. The summed E-state index contributed by atoms with van der Waals surface area (Å²) in [5.41, 5.74) is 2.01. The number of carbonyl (C=O) groups excluding carboxylic acids is 1. The molecule has 1 fully saturated rings. The molecule has 0 unspecified atom stereocenters. The van der Waals surface area contributed by atoms with Crippen LogP contribution in [-0.2, 0) is 16.0 Å². The van der Waals surface area contributed by atoms with E-state index in [-0.39, 0.29) is 24.2 Å². The Bertz CT molecular complexity index is 633. The van der Waals surface area contributed by atoms with Crippen LogP contribution < -0.4 is 0 Å². The molecule has 0 bridgehead atoms. The van der Waals surface area contributed by atoms with Gasteiger partial charge < -0.3 is 4.74 Å². The molecule has 0 N–H and O–H groups in total. The second-order valence-corrected chi connectivity index (χ2v) is 5.39. The van der Waals surface area contributed by atoms with E-state index in [2.05, 4.69) is 17.0 Å². The fourth-order valence-electron chi connectivity index (χ4n) is 2.77. The molecule has 122 valence electrons. The lowest BCUT2D eigenvalue weighted by molar-refractivity contribution is -0.157. The molecule has 0 spiro atoms. The van der Waals surface area contributed by atoms with Crippen molar-refractivity contribution in [2.45, 2.75) is 12.5 Å². The van der Waals surface area contributed by atoms with E-state index in [1.807, 2.05) is 18.2 Å². The monoisotopic (exact) mass is 335 g/mol. The summed E-state index contributed by atoms with van der Waals surface area (Å²) in [5, 5.41) is 0. The van der Waals surface area contributed by atoms with Gasteiger partial charge in [0, 0.05) is 13.1 Å². The van der Waals surface area contributed by atoms with Gasteiger partial charge in [-0.25, -0.2) is 9.18 Å². The van der Waals surface area contributed by atoms with Crippen molar-refractivity contribution in [1.82, 2.24) is 4.90 Å². The second kappa shape index (κ2) is 8.09. The fraction of sp³-hybridized carbons (Fsp3) is 0.278. The first-order chi connectivity index (χ1) is 10.7. The third-order valence-corrected chi connectivity index (χ3v) is 3.93. The van der Waals surface area contributed by atoms with Crippen molar-refractivity contribution >= 4 is 18.4 Å². The van der Waals surface area contributed by atoms with Crippen molar-refractivity contribution in [3.8, 4) is 0 Å². The maximum absolute atomic E-state index is 13.1. The molecule has 2 aromatic rings. The zero-order valence-electron chi connectivity index (χ0n) is 12.7. The van der Waals surface area contributed by atoms with Crippen LogP contribution in [0.2, 0.25) is 0 Å². The molecule has 1 aliphatic rings. The number of ether oxygens (including phenoxy) is 1. The van der Waals surface area contributed by atoms with Gasteiger partial charge in [-0.3, -0.25) is 4.90 Å². The van der Waals surface area contributed by atoms with E-state index < -0.39 is 6.04 Å². The maximum atomic E-state index is 13.1. The van der Waals surface area contributed by atoms with E-state index in [4.69, 9.17) is 4.74 Å². The normalized spacial score (nSPS) is 18.1. The topological polar surface area (TPSA) is 29.5 Å². The first-order valence-corrected chi connectivity index (χ1v) is 7.44. The molecule has 0 aliphatic carbocycles. The predicted octanol–water partition coefficient (Wildman–Crippen LogP) is 3.39. The van der Waals surface area contributed by atoms with Crippen LogP contribution in [-0.4, -0.2) is 30.6 Å². The molecule has 1 aliphatic heterocycles. The Kier molecular flexibility index (Phi) is 6.13. The van der Waals surface area contributed by atoms with Crippen molar-refractivity contribution in [3.63, 3.8) is 0 Å². The molecule has 23 heavy (non-hydrogen) atoms. The summed E-state index contributed by atoms with van der Waals surface area (Å²) < 4.78 is 18.3. The lowest BCUT2D eigenvalue weighted by Crippen LogP contribution is -2.43. The third-order valence-electron chi connectivity index (χ3n) is 3.93. The molecule has 2 aromatic carbocycles. The molecule has 3 rings (SSSR count). The summed E-state index contributed by atoms with van der Waals surface area (Å²) in [5.74, 6) is -0.560. The summed E-state index contributed by atoms with van der Waals surface area (Å²) in [6.45, 7) is 1.87. The fourth-order valence-corrected chi connectivity index (χ4v) is 2.77. The number of cyclic esters (lactones) is 1. The number of hydrogen-bond acceptors (Lipinski definition) is 3. The average Bonchev–Trinajstić information content (AvgIpc) is 2.55. The SMILES string of the molecule is Cl.O=C1OCCN(CCc2ccccc2)[C@@H]1c1ccc(F)cc1. The zero-order chi connectivity index (χ0) is 15.4. The number of esters is 1. The third kappa shape index (κ3) is 4.30. The Morgan fingerprint density at radius 3 is 2.48 bits per heavy atom. The standard InChI is InChI=1S/C18H18FNO2.ClH/c19-16-8-6-15(7-9-16)17-18(21)22-13-12-20(17)11-10-14-4-2-1-3-5-14;/h1-9,17H,10-13H2;1H/t17-;/m1./s1. The molecule has 0 aromatic heterocycles. The summed E-state index contributed by atoms with van der Waals surface area (Å²) in [4.78, 5) is 14.2. The van der Waals surface area contributed by atoms with Crippen molar-refractivity contribution < 1.29 is 13.9 Å². The quantitative estimate of drug-likeness (QED) is 0.802. The van der Waals surface area contributed by atoms with E-state index >= 15 is 0 Å². The minimum Gasteiger partial charge on any atom is -0.463 e. The first-order valence-electron chi connectivity index (χ1n) is 7.44. The van der Waals surface area contributed by atoms with Crippen LogP contribution in [0.15, 0.2) is 54.6 Å². The van der Waals surface area contributed by atoms with Crippen LogP contribution in [0.3, 0.4) is 0 Å². The Labute approximate surface area is 141 Å². The van der Waals surface area contributed by atoms with Crippen LogP contribution in [0.1, 0.15) is 17.2 Å². The van der Waals surface area contributed by atoms with Gasteiger partial charge in [-0.05, 0) is 29.7 Å². The molecule has 0 saturated carbocycles. The van der Waals surface area contributed by atoms with Crippen molar-refractivity contribution in [2.75, 3.05) is 19.7 Å². The second-order valence-electron chi connectivity index (χ2n) is 5.39. The van der Waals surface area contributed by atoms with Gasteiger partial charge in [0.05, 0.1) is 0 Å². The van der Waals surface area contributed by atoms with Crippen molar-refractivity contribution in [1.29, 1.82) is 0 Å². The Morgan fingerprint density at radius 2 is 1.78 bits per heavy atom. The van der Waals surface area contributed by atoms with Gasteiger partial charge in [-0.15, -0.1) is 12.4 Å². The first kappa shape index (κ1) is 17.4. The van der Waals surface area contributed by atoms with Crippen molar-refractivity contribution in [3.05, 3.63) is 71.5 Å². The minimum atomic E-state index is -0.446. The lowest BCUT2D eigenvalue weighted by atomic mass is 10.0. The van der Waals surface area contributed by atoms with Crippen LogP contribution in [0.5, 0.6) is 0 Å². The molecular weight excluding hydrogens is 317 g/mol. The molecule has 0 radical (unpaired) electrons. The van der Waals surface area contributed by atoms with Gasteiger partial charge in [0.1, 0.15) is 18.5 Å². The number of nitrogens with zero attached hydrogens (tertiary/aromatic N) is 1. The molecule has 1 heterocycles. The van der Waals surface area contributed by atoms with Crippen LogP contribution in [0.4, 0.5) is 4.39 Å². The molecular formula is C18H19ClFNO2. The summed E-state index contributed by atoms with van der Waals surface area (Å²) in [7, 11) is 0. The van der Waals surface area contributed by atoms with E-state index in [0.29, 0.717) is 13.2 Å². The molecule has 5 heteroatoms. The number of halogens is 2. The number of carbonyl (C=O) groups is 1. The zero-order valence-corrected chi connectivity index (χ0v) is 13.5. The number of benzene rings is 2. The van der Waals surface area contributed by atoms with E-state index in [9.17, 15) is 9.18 Å². The van der Waals surface area contributed by atoms with Gasteiger partial charge in [0.15, 0.2) is 0 Å². The van der Waals surface area contributed by atoms with Crippen molar-refractivity contribution in [2.24, 2.45) is 0 Å². The summed E-state index contributed by atoms with van der Waals surface area (Å²) in [6.07, 6.45) is 0.867. The Balaban J connectivity index is 0.00000192. The maximum Gasteiger partial charge on any atom is 0.328 e. The largest absolute Gasteiger partial charge is 0.463 e. The highest BCUT2D eigenvalue weighted by molar-refractivity contribution is 5.85. The minimum absolute atomic E-state index is 0. The Morgan fingerprint density at radius 1 is 1.09 bits per heavy atom. The highest BCUT2D eigenvalue weighted by Gasteiger charge is 2.32. The Hall–Kier alpha value is -1.91. The lowest BCUT2D eigenvalue weighted by Gasteiger charge is -2.34. The van der Waals surface area contributed by atoms with Gasteiger partial charge in [-0.2, -0.15) is 0 Å². The van der Waals surface area contributed by atoms with Gasteiger partial charge >= 0.3 is 5.97 Å². The highest BCUT2D eigenvalue weighted by atomic mass is 35.5. The molecule has 3 nitrogen and oxygen atoms in total. The van der Waals surface area contributed by atoms with E-state index in [1.54, 1.807) is 12.1 Å². The predicted molar refractivity (Wildman–Crippen MR) is 89.1 cm³/mol. The van der Waals surface area contributed by atoms with Gasteiger partial charge in [0.25, 0.3) is 0 Å². The number of hydrogen-bond donors (Lipinski definition) is 0. The van der Waals surface area contributed by atoms with Crippen LogP contribution >= 0.6 is 12.4 Å². The molecule has 0 amide bonds. The van der Waals surface area contributed by atoms with E-state index in [0.717, 1.165) is 18.5 Å². The summed E-state index contributed by atoms with van der Waals surface area (Å²) >= 11 is 0. The number of rotatable bonds is 4. The molecule has 1 saturated heterocycles. The van der Waals surface area contributed by atoms with Crippen LogP contribution in [0, 0.1) is 5.82 Å². The smallest absolute Gasteiger partial charge is 0.328 e. The van der Waals surface area contributed by atoms with Gasteiger partial charge in [0.2, 0.25) is 0 Å². The average molecular weight is 336 g/mol. The van der Waals surface area contributed by atoms with Crippen LogP contribution in [0.25, 0.3) is 0 Å².